The molecule has 0 radical (unpaired) electrons. The molecule has 1 saturated heterocycles. The minimum absolute atomic E-state index is 0. The lowest BCUT2D eigenvalue weighted by Gasteiger charge is -2.33. The number of nitrogens with one attached hydrogen (secondary N) is 1. The fraction of sp³-hybridized carbons (Fsp3) is 0.929. The molecule has 2 fully saturated rings. The van der Waals surface area contributed by atoms with Crippen LogP contribution in [0.1, 0.15) is 51.9 Å². The normalized spacial score (nSPS) is 23.0. The first-order valence-corrected chi connectivity index (χ1v) is 9.56. The van der Waals surface area contributed by atoms with Crippen LogP contribution in [0.25, 0.3) is 0 Å². The molecular formula is C14H28ClN3O3S. The number of rotatable bonds is 5. The summed E-state index contributed by atoms with van der Waals surface area (Å²) in [4.78, 5) is 12.2. The SMILES string of the molecule is CCCS(=O)(=O)N1CCC(NC(=O)C2(N)CCCC2)CC1.Cl. The summed E-state index contributed by atoms with van der Waals surface area (Å²) in [5.41, 5.74) is 5.43. The van der Waals surface area contributed by atoms with Crippen LogP contribution < -0.4 is 11.1 Å². The van der Waals surface area contributed by atoms with E-state index in [0.717, 1.165) is 25.7 Å². The number of hydrogen-bond donors (Lipinski definition) is 2. The lowest BCUT2D eigenvalue weighted by molar-refractivity contribution is -0.127. The van der Waals surface area contributed by atoms with Crippen molar-refractivity contribution < 1.29 is 13.2 Å². The largest absolute Gasteiger partial charge is 0.352 e. The molecule has 0 spiro atoms. The number of carbonyl (C=O) groups excluding carboxylic acids is 1. The van der Waals surface area contributed by atoms with Gasteiger partial charge >= 0.3 is 0 Å². The van der Waals surface area contributed by atoms with E-state index in [-0.39, 0.29) is 30.1 Å². The van der Waals surface area contributed by atoms with Crippen LogP contribution in [-0.4, -0.2) is 49.1 Å². The molecule has 0 aromatic heterocycles. The zero-order chi connectivity index (χ0) is 15.5. The van der Waals surface area contributed by atoms with Gasteiger partial charge in [-0.1, -0.05) is 19.8 Å². The Balaban J connectivity index is 0.00000242. The van der Waals surface area contributed by atoms with Crippen LogP contribution in [0.4, 0.5) is 0 Å². The Labute approximate surface area is 139 Å². The van der Waals surface area contributed by atoms with E-state index >= 15 is 0 Å². The average molecular weight is 354 g/mol. The maximum atomic E-state index is 12.2. The molecule has 0 unspecified atom stereocenters. The first-order valence-electron chi connectivity index (χ1n) is 7.95. The lowest BCUT2D eigenvalue weighted by Crippen LogP contribution is -2.56. The fourth-order valence-electron chi connectivity index (χ4n) is 3.23. The minimum atomic E-state index is -3.12. The molecule has 0 aromatic carbocycles. The number of nitrogens with two attached hydrogens (primary N) is 1. The average Bonchev–Trinajstić information content (AvgIpc) is 2.88. The molecule has 8 heteroatoms. The Morgan fingerprint density at radius 1 is 1.27 bits per heavy atom. The van der Waals surface area contributed by atoms with Gasteiger partial charge in [0.1, 0.15) is 0 Å². The van der Waals surface area contributed by atoms with Crippen LogP contribution in [0.5, 0.6) is 0 Å². The zero-order valence-corrected chi connectivity index (χ0v) is 14.8. The molecule has 0 atom stereocenters. The van der Waals surface area contributed by atoms with Crippen molar-refractivity contribution >= 4 is 28.3 Å². The van der Waals surface area contributed by atoms with Crippen LogP contribution in [0, 0.1) is 0 Å². The van der Waals surface area contributed by atoms with Gasteiger partial charge in [-0.2, -0.15) is 0 Å². The number of sulfonamides is 1. The van der Waals surface area contributed by atoms with Crippen molar-refractivity contribution in [2.24, 2.45) is 5.73 Å². The second-order valence-corrected chi connectivity index (χ2v) is 8.41. The highest BCUT2D eigenvalue weighted by atomic mass is 35.5. The molecule has 22 heavy (non-hydrogen) atoms. The van der Waals surface area contributed by atoms with E-state index in [0.29, 0.717) is 32.4 Å². The molecule has 1 heterocycles. The first-order chi connectivity index (χ1) is 9.87. The molecule has 3 N–H and O–H groups in total. The molecule has 0 bridgehead atoms. The van der Waals surface area contributed by atoms with Crippen molar-refractivity contribution in [2.75, 3.05) is 18.8 Å². The first kappa shape index (κ1) is 19.7. The Morgan fingerprint density at radius 2 is 1.82 bits per heavy atom. The zero-order valence-electron chi connectivity index (χ0n) is 13.2. The summed E-state index contributed by atoms with van der Waals surface area (Å²) in [6.07, 6.45) is 5.50. The lowest BCUT2D eigenvalue weighted by atomic mass is 9.96. The Bertz CT molecular complexity index is 470. The topological polar surface area (TPSA) is 92.5 Å². The second kappa shape index (κ2) is 7.95. The van der Waals surface area contributed by atoms with E-state index in [1.807, 2.05) is 6.92 Å². The summed E-state index contributed by atoms with van der Waals surface area (Å²) < 4.78 is 25.5. The highest BCUT2D eigenvalue weighted by Crippen LogP contribution is 2.27. The summed E-state index contributed by atoms with van der Waals surface area (Å²) in [7, 11) is -3.12. The van der Waals surface area contributed by atoms with Crippen LogP contribution in [0.3, 0.4) is 0 Å². The van der Waals surface area contributed by atoms with Crippen molar-refractivity contribution in [3.8, 4) is 0 Å². The van der Waals surface area contributed by atoms with E-state index in [2.05, 4.69) is 5.32 Å². The highest BCUT2D eigenvalue weighted by Gasteiger charge is 2.38. The van der Waals surface area contributed by atoms with Crippen LogP contribution >= 0.6 is 12.4 Å². The molecule has 0 aromatic rings. The highest BCUT2D eigenvalue weighted by molar-refractivity contribution is 7.89. The van der Waals surface area contributed by atoms with Gasteiger partial charge in [0.2, 0.25) is 15.9 Å². The number of carbonyl (C=O) groups is 1. The van der Waals surface area contributed by atoms with Gasteiger partial charge in [0, 0.05) is 19.1 Å². The molecule has 2 aliphatic rings. The van der Waals surface area contributed by atoms with Crippen molar-refractivity contribution in [3.05, 3.63) is 0 Å². The Hall–Kier alpha value is -0.370. The van der Waals surface area contributed by atoms with Crippen molar-refractivity contribution in [2.45, 2.75) is 63.5 Å². The number of halogens is 1. The van der Waals surface area contributed by atoms with Gasteiger partial charge in [-0.05, 0) is 32.1 Å². The van der Waals surface area contributed by atoms with Crippen molar-refractivity contribution in [3.63, 3.8) is 0 Å². The van der Waals surface area contributed by atoms with E-state index in [4.69, 9.17) is 5.73 Å². The summed E-state index contributed by atoms with van der Waals surface area (Å²) in [6.45, 7) is 2.85. The van der Waals surface area contributed by atoms with E-state index < -0.39 is 15.6 Å². The number of piperidine rings is 1. The summed E-state index contributed by atoms with van der Waals surface area (Å²) >= 11 is 0. The van der Waals surface area contributed by atoms with Crippen LogP contribution in [0.2, 0.25) is 0 Å². The number of amides is 1. The van der Waals surface area contributed by atoms with Gasteiger partial charge < -0.3 is 11.1 Å². The standard InChI is InChI=1S/C14H27N3O3S.ClH/c1-2-11-21(19,20)17-9-5-12(6-10-17)16-13(18)14(15)7-3-4-8-14;/h12H,2-11,15H2,1H3,(H,16,18);1H. The molecule has 6 nitrogen and oxygen atoms in total. The monoisotopic (exact) mass is 353 g/mol. The number of hydrogen-bond acceptors (Lipinski definition) is 4. The molecular weight excluding hydrogens is 326 g/mol. The Kier molecular flexibility index (Phi) is 7.11. The maximum absolute atomic E-state index is 12.2. The maximum Gasteiger partial charge on any atom is 0.240 e. The molecule has 1 aliphatic heterocycles. The van der Waals surface area contributed by atoms with Crippen molar-refractivity contribution in [1.29, 1.82) is 0 Å². The smallest absolute Gasteiger partial charge is 0.240 e. The van der Waals surface area contributed by atoms with Gasteiger partial charge in [-0.25, -0.2) is 12.7 Å². The van der Waals surface area contributed by atoms with Crippen LogP contribution in [-0.2, 0) is 14.8 Å². The third-order valence-corrected chi connectivity index (χ3v) is 6.67. The molecule has 2 rings (SSSR count). The van der Waals surface area contributed by atoms with E-state index in [9.17, 15) is 13.2 Å². The predicted octanol–water partition coefficient (Wildman–Crippen LogP) is 1.00. The summed E-state index contributed by atoms with van der Waals surface area (Å²) in [5, 5.41) is 3.02. The third kappa shape index (κ3) is 4.57. The predicted molar refractivity (Wildman–Crippen MR) is 89.4 cm³/mol. The van der Waals surface area contributed by atoms with Crippen molar-refractivity contribution in [1.82, 2.24) is 9.62 Å². The quantitative estimate of drug-likeness (QED) is 0.771. The van der Waals surface area contributed by atoms with Crippen LogP contribution in [0.15, 0.2) is 0 Å². The third-order valence-electron chi connectivity index (χ3n) is 4.59. The second-order valence-electron chi connectivity index (χ2n) is 6.33. The molecule has 1 saturated carbocycles. The van der Waals surface area contributed by atoms with Gasteiger partial charge in [0.25, 0.3) is 0 Å². The van der Waals surface area contributed by atoms with E-state index in [1.54, 1.807) is 4.31 Å². The molecule has 1 amide bonds. The van der Waals surface area contributed by atoms with E-state index in [1.165, 1.54) is 0 Å². The van der Waals surface area contributed by atoms with Gasteiger partial charge in [-0.3, -0.25) is 4.79 Å². The van der Waals surface area contributed by atoms with Gasteiger partial charge in [-0.15, -0.1) is 12.4 Å². The number of nitrogens with zero attached hydrogens (tertiary/aromatic N) is 1. The van der Waals surface area contributed by atoms with Gasteiger partial charge in [0.15, 0.2) is 0 Å². The van der Waals surface area contributed by atoms with Gasteiger partial charge in [0.05, 0.1) is 11.3 Å². The fourth-order valence-corrected chi connectivity index (χ4v) is 4.77. The summed E-state index contributed by atoms with van der Waals surface area (Å²) in [6, 6.07) is 0.0478. The summed E-state index contributed by atoms with van der Waals surface area (Å²) in [5.74, 6) is 0.144. The Morgan fingerprint density at radius 3 is 2.32 bits per heavy atom. The minimum Gasteiger partial charge on any atom is -0.352 e. The molecule has 130 valence electrons. The molecule has 1 aliphatic carbocycles.